The largest absolute Gasteiger partial charge is 0.378 e. The van der Waals surface area contributed by atoms with Crippen molar-refractivity contribution in [2.24, 2.45) is 0 Å². The standard InChI is InChI=1S/C12H17N3O4.C4H11O2P/c13-5-1-7-18-8-10-2-3-12(19-10)15-11(17)4-6-14-9-16;1-2-3-4-6-7-5/h4,6,9-10,12H,1-3,7-8H2,(H,14,16)(H,15,17);5,7H,2-4H2,1H3/b6-4-;. The lowest BCUT2D eigenvalue weighted by atomic mass is 10.2. The first kappa shape index (κ1) is 24.4. The highest BCUT2D eigenvalue weighted by Crippen LogP contribution is 2.18. The lowest BCUT2D eigenvalue weighted by Gasteiger charge is -2.14. The minimum absolute atomic E-state index is 0.0546. The van der Waals surface area contributed by atoms with E-state index >= 15 is 0 Å². The van der Waals surface area contributed by atoms with E-state index in [-0.39, 0.29) is 27.3 Å². The van der Waals surface area contributed by atoms with Gasteiger partial charge >= 0.3 is 0 Å². The number of nitrogens with zero attached hydrogens (tertiary/aromatic N) is 1. The fourth-order valence-corrected chi connectivity index (χ4v) is 2.13. The first-order chi connectivity index (χ1) is 12.7. The van der Waals surface area contributed by atoms with Crippen molar-refractivity contribution in [3.8, 4) is 6.07 Å². The van der Waals surface area contributed by atoms with E-state index in [2.05, 4.69) is 22.1 Å². The summed E-state index contributed by atoms with van der Waals surface area (Å²) < 4.78 is 15.5. The van der Waals surface area contributed by atoms with Crippen molar-refractivity contribution in [3.63, 3.8) is 0 Å². The molecule has 148 valence electrons. The zero-order chi connectivity index (χ0) is 19.5. The average Bonchev–Trinajstić information content (AvgIpc) is 3.07. The third kappa shape index (κ3) is 14.8. The van der Waals surface area contributed by atoms with Gasteiger partial charge in [0.2, 0.25) is 12.3 Å². The molecule has 1 rings (SSSR count). The second kappa shape index (κ2) is 18.2. The maximum absolute atomic E-state index is 11.4. The summed E-state index contributed by atoms with van der Waals surface area (Å²) >= 11 is 0. The summed E-state index contributed by atoms with van der Waals surface area (Å²) in [5.41, 5.74) is 0. The Morgan fingerprint density at radius 2 is 2.27 bits per heavy atom. The van der Waals surface area contributed by atoms with E-state index in [4.69, 9.17) is 19.6 Å². The molecule has 3 N–H and O–H groups in total. The Kier molecular flexibility index (Phi) is 17.1. The highest BCUT2D eigenvalue weighted by molar-refractivity contribution is 7.24. The number of hydrogen-bond donors (Lipinski definition) is 3. The van der Waals surface area contributed by atoms with Gasteiger partial charge in [-0.15, -0.1) is 0 Å². The predicted molar refractivity (Wildman–Crippen MR) is 96.8 cm³/mol. The van der Waals surface area contributed by atoms with Crippen molar-refractivity contribution in [2.75, 3.05) is 19.8 Å². The number of hydrogen-bond acceptors (Lipinski definition) is 7. The van der Waals surface area contributed by atoms with Crippen LogP contribution in [-0.4, -0.2) is 49.4 Å². The van der Waals surface area contributed by atoms with Crippen LogP contribution in [0, 0.1) is 11.3 Å². The van der Waals surface area contributed by atoms with Crippen molar-refractivity contribution in [1.82, 2.24) is 10.6 Å². The van der Waals surface area contributed by atoms with Gasteiger partial charge in [0.05, 0.1) is 38.4 Å². The Labute approximate surface area is 156 Å². The molecule has 1 saturated heterocycles. The van der Waals surface area contributed by atoms with Gasteiger partial charge in [-0.3, -0.25) is 9.59 Å². The Hall–Kier alpha value is -1.56. The molecule has 1 aliphatic heterocycles. The van der Waals surface area contributed by atoms with Gasteiger partial charge in [-0.25, -0.2) is 0 Å². The molecule has 9 nitrogen and oxygen atoms in total. The molecule has 3 unspecified atom stereocenters. The quantitative estimate of drug-likeness (QED) is 0.197. The van der Waals surface area contributed by atoms with Crippen LogP contribution in [0.15, 0.2) is 12.3 Å². The maximum Gasteiger partial charge on any atom is 0.247 e. The molecule has 1 fully saturated rings. The summed E-state index contributed by atoms with van der Waals surface area (Å²) in [5, 5.41) is 13.2. The molecule has 0 radical (unpaired) electrons. The maximum atomic E-state index is 11.4. The monoisotopic (exact) mass is 389 g/mol. The average molecular weight is 389 g/mol. The molecule has 3 atom stereocenters. The SMILES string of the molecule is CCCCOPO.N#CCCOCC1CCC(NC(=O)/C=C\NC=O)O1. The number of ether oxygens (including phenoxy) is 2. The van der Waals surface area contributed by atoms with E-state index in [9.17, 15) is 9.59 Å². The first-order valence-electron chi connectivity index (χ1n) is 8.45. The fraction of sp³-hybridized carbons (Fsp3) is 0.688. The molecule has 0 aromatic carbocycles. The minimum atomic E-state index is -0.335. The molecule has 26 heavy (non-hydrogen) atoms. The van der Waals surface area contributed by atoms with Gasteiger partial charge in [-0.2, -0.15) is 5.26 Å². The lowest BCUT2D eigenvalue weighted by molar-refractivity contribution is -0.121. The van der Waals surface area contributed by atoms with Crippen LogP contribution in [-0.2, 0) is 23.6 Å². The van der Waals surface area contributed by atoms with Crippen LogP contribution in [0.5, 0.6) is 0 Å². The van der Waals surface area contributed by atoms with Gasteiger partial charge in [-0.05, 0) is 19.3 Å². The van der Waals surface area contributed by atoms with Crippen molar-refractivity contribution < 1.29 is 28.5 Å². The fourth-order valence-electron chi connectivity index (χ4n) is 1.90. The predicted octanol–water partition coefficient (Wildman–Crippen LogP) is 1.10. The topological polar surface area (TPSA) is 130 Å². The molecule has 0 aromatic rings. The number of nitrogens with one attached hydrogen (secondary N) is 2. The van der Waals surface area contributed by atoms with Crippen LogP contribution in [0.4, 0.5) is 0 Å². The van der Waals surface area contributed by atoms with Crippen LogP contribution in [0.25, 0.3) is 0 Å². The number of amides is 2. The van der Waals surface area contributed by atoms with Crippen LogP contribution < -0.4 is 10.6 Å². The summed E-state index contributed by atoms with van der Waals surface area (Å²) in [5.74, 6) is -0.328. The second-order valence-electron chi connectivity index (χ2n) is 5.23. The van der Waals surface area contributed by atoms with Crippen molar-refractivity contribution in [1.29, 1.82) is 5.26 Å². The van der Waals surface area contributed by atoms with Gasteiger partial charge in [0, 0.05) is 12.3 Å². The molecule has 0 saturated carbocycles. The van der Waals surface area contributed by atoms with Crippen LogP contribution in [0.2, 0.25) is 0 Å². The van der Waals surface area contributed by atoms with Gasteiger partial charge in [0.15, 0.2) is 9.03 Å². The Balaban J connectivity index is 0.000000758. The highest BCUT2D eigenvalue weighted by Gasteiger charge is 2.25. The zero-order valence-electron chi connectivity index (χ0n) is 15.0. The van der Waals surface area contributed by atoms with Crippen LogP contribution >= 0.6 is 9.03 Å². The van der Waals surface area contributed by atoms with E-state index in [0.717, 1.165) is 19.3 Å². The van der Waals surface area contributed by atoms with Gasteiger partial charge < -0.3 is 29.5 Å². The summed E-state index contributed by atoms with van der Waals surface area (Å²) in [7, 11) is -0.332. The second-order valence-corrected chi connectivity index (χ2v) is 5.70. The third-order valence-corrected chi connectivity index (χ3v) is 3.47. The first-order valence-corrected chi connectivity index (χ1v) is 9.31. The molecule has 0 aromatic heterocycles. The number of rotatable bonds is 12. The zero-order valence-corrected chi connectivity index (χ0v) is 16.0. The molecule has 1 aliphatic rings. The number of unbranched alkanes of at least 4 members (excludes halogenated alkanes) is 1. The lowest BCUT2D eigenvalue weighted by Crippen LogP contribution is -2.34. The normalized spacial score (nSPS) is 19.1. The molecule has 2 amide bonds. The van der Waals surface area contributed by atoms with Crippen molar-refractivity contribution in [3.05, 3.63) is 12.3 Å². The number of carbonyl (C=O) groups excluding carboxylic acids is 2. The van der Waals surface area contributed by atoms with Gasteiger partial charge in [-0.1, -0.05) is 13.3 Å². The molecular formula is C16H28N3O6P. The molecule has 1 heterocycles. The molecule has 0 spiro atoms. The summed E-state index contributed by atoms with van der Waals surface area (Å²) in [6, 6.07) is 1.99. The number of carbonyl (C=O) groups is 2. The molecule has 0 bridgehead atoms. The van der Waals surface area contributed by atoms with E-state index in [1.807, 2.05) is 6.07 Å². The van der Waals surface area contributed by atoms with E-state index in [1.165, 1.54) is 12.3 Å². The van der Waals surface area contributed by atoms with Crippen LogP contribution in [0.3, 0.4) is 0 Å². The van der Waals surface area contributed by atoms with Gasteiger partial charge in [0.1, 0.15) is 6.23 Å². The number of nitriles is 1. The summed E-state index contributed by atoms with van der Waals surface area (Å²) in [4.78, 5) is 29.4. The van der Waals surface area contributed by atoms with Crippen LogP contribution in [0.1, 0.15) is 39.0 Å². The summed E-state index contributed by atoms with van der Waals surface area (Å²) in [6.07, 6.45) is 6.61. The highest BCUT2D eigenvalue weighted by atomic mass is 31.1. The van der Waals surface area contributed by atoms with E-state index < -0.39 is 0 Å². The smallest absolute Gasteiger partial charge is 0.247 e. The Morgan fingerprint density at radius 3 is 2.92 bits per heavy atom. The molecule has 10 heteroatoms. The summed E-state index contributed by atoms with van der Waals surface area (Å²) in [6.45, 7) is 3.61. The third-order valence-electron chi connectivity index (χ3n) is 3.14. The van der Waals surface area contributed by atoms with Crippen molar-refractivity contribution >= 4 is 21.4 Å². The Bertz CT molecular complexity index is 440. The van der Waals surface area contributed by atoms with Gasteiger partial charge in [0.25, 0.3) is 0 Å². The van der Waals surface area contributed by atoms with E-state index in [0.29, 0.717) is 39.1 Å². The van der Waals surface area contributed by atoms with E-state index in [1.54, 1.807) is 0 Å². The van der Waals surface area contributed by atoms with Crippen molar-refractivity contribution in [2.45, 2.75) is 51.4 Å². The minimum Gasteiger partial charge on any atom is -0.378 e. The molecular weight excluding hydrogens is 361 g/mol. The Morgan fingerprint density at radius 1 is 1.46 bits per heavy atom. The molecule has 0 aliphatic carbocycles.